The molecule has 0 radical (unpaired) electrons. The van der Waals surface area contributed by atoms with Gasteiger partial charge in [-0.1, -0.05) is 13.3 Å². The molecule has 0 bridgehead atoms. The summed E-state index contributed by atoms with van der Waals surface area (Å²) in [6.07, 6.45) is 3.07. The Labute approximate surface area is 222 Å². The molecule has 2 saturated heterocycles. The normalized spacial score (nSPS) is 18.3. The van der Waals surface area contributed by atoms with E-state index < -0.39 is 12.0 Å². The van der Waals surface area contributed by atoms with Crippen LogP contribution in [0.25, 0.3) is 0 Å². The predicted octanol–water partition coefficient (Wildman–Crippen LogP) is 2.71. The van der Waals surface area contributed by atoms with Crippen molar-refractivity contribution < 1.29 is 28.3 Å². The minimum Gasteiger partial charge on any atom is -0.466 e. The number of carbonyl (C=O) groups is 3. The van der Waals surface area contributed by atoms with Crippen molar-refractivity contribution in [1.29, 1.82) is 5.41 Å². The van der Waals surface area contributed by atoms with Gasteiger partial charge in [-0.05, 0) is 42.8 Å². The van der Waals surface area contributed by atoms with Gasteiger partial charge in [-0.3, -0.25) is 24.8 Å². The highest BCUT2D eigenvalue weighted by atomic mass is 16.6. The number of benzene rings is 1. The molecule has 1 unspecified atom stereocenters. The molecule has 2 aromatic rings. The maximum atomic E-state index is 12.5. The third kappa shape index (κ3) is 7.42. The van der Waals surface area contributed by atoms with E-state index in [0.29, 0.717) is 43.9 Å². The van der Waals surface area contributed by atoms with Gasteiger partial charge in [0.2, 0.25) is 0 Å². The SMILES string of the molecule is CCCCOC(=O)CCN1CCN(CC2CN(c3ccc(C(=N)NC(=O)c4ccco4)cc3)C(=O)O2)CC1. The van der Waals surface area contributed by atoms with Gasteiger partial charge in [0.05, 0.1) is 25.8 Å². The fourth-order valence-electron chi connectivity index (χ4n) is 4.43. The summed E-state index contributed by atoms with van der Waals surface area (Å²) in [5.41, 5.74) is 1.17. The zero-order valence-corrected chi connectivity index (χ0v) is 21.7. The molecule has 0 saturated carbocycles. The van der Waals surface area contributed by atoms with Crippen LogP contribution in [0.4, 0.5) is 10.5 Å². The molecule has 1 atom stereocenters. The Hall–Kier alpha value is -3.70. The fourth-order valence-corrected chi connectivity index (χ4v) is 4.43. The van der Waals surface area contributed by atoms with Gasteiger partial charge in [-0.25, -0.2) is 4.79 Å². The van der Waals surface area contributed by atoms with Crippen LogP contribution in [0.2, 0.25) is 0 Å². The number of amidine groups is 1. The molecular weight excluding hydrogens is 490 g/mol. The van der Waals surface area contributed by atoms with Crippen LogP contribution in [-0.2, 0) is 14.3 Å². The first-order valence-corrected chi connectivity index (χ1v) is 13.0. The topological polar surface area (TPSA) is 128 Å². The van der Waals surface area contributed by atoms with Gasteiger partial charge in [0.15, 0.2) is 5.76 Å². The summed E-state index contributed by atoms with van der Waals surface area (Å²) >= 11 is 0. The Balaban J connectivity index is 1.19. The lowest BCUT2D eigenvalue weighted by Crippen LogP contribution is -2.49. The van der Waals surface area contributed by atoms with E-state index in [1.54, 1.807) is 35.2 Å². The van der Waals surface area contributed by atoms with E-state index >= 15 is 0 Å². The number of rotatable bonds is 11. The predicted molar refractivity (Wildman–Crippen MR) is 140 cm³/mol. The van der Waals surface area contributed by atoms with Crippen molar-refractivity contribution in [3.63, 3.8) is 0 Å². The van der Waals surface area contributed by atoms with Gasteiger partial charge in [-0.15, -0.1) is 0 Å². The van der Waals surface area contributed by atoms with E-state index in [9.17, 15) is 14.4 Å². The second-order valence-corrected chi connectivity index (χ2v) is 9.44. The number of carbonyl (C=O) groups excluding carboxylic acids is 3. The zero-order valence-electron chi connectivity index (χ0n) is 21.7. The molecule has 1 aromatic carbocycles. The third-order valence-electron chi connectivity index (χ3n) is 6.65. The van der Waals surface area contributed by atoms with Crippen molar-refractivity contribution >= 4 is 29.5 Å². The smallest absolute Gasteiger partial charge is 0.414 e. The summed E-state index contributed by atoms with van der Waals surface area (Å²) in [5, 5.41) is 10.6. The summed E-state index contributed by atoms with van der Waals surface area (Å²) in [4.78, 5) is 42.6. The van der Waals surface area contributed by atoms with Crippen LogP contribution >= 0.6 is 0 Å². The number of hydrogen-bond acceptors (Lipinski definition) is 9. The van der Waals surface area contributed by atoms with Crippen LogP contribution < -0.4 is 10.2 Å². The molecule has 1 aromatic heterocycles. The molecule has 2 fully saturated rings. The molecule has 4 rings (SSSR count). The standard InChI is InChI=1S/C27H35N5O6/c1-2-3-16-37-24(33)10-11-30-12-14-31(15-13-30)18-22-19-32(27(35)38-22)21-8-6-20(7-9-21)25(28)29-26(34)23-5-4-17-36-23/h4-9,17,22H,2-3,10-16,18-19H2,1H3,(H2,28,29,34). The molecule has 2 aliphatic rings. The minimum absolute atomic E-state index is 0.0626. The van der Waals surface area contributed by atoms with Crippen LogP contribution in [0.3, 0.4) is 0 Å². The molecule has 0 spiro atoms. The number of furan rings is 1. The Morgan fingerprint density at radius 3 is 2.53 bits per heavy atom. The van der Waals surface area contributed by atoms with Crippen molar-refractivity contribution in [2.45, 2.75) is 32.3 Å². The number of nitrogens with zero attached hydrogens (tertiary/aromatic N) is 3. The Morgan fingerprint density at radius 2 is 1.84 bits per heavy atom. The molecule has 0 aliphatic carbocycles. The van der Waals surface area contributed by atoms with Crippen molar-refractivity contribution in [2.75, 3.05) is 57.3 Å². The van der Waals surface area contributed by atoms with Crippen LogP contribution in [0.15, 0.2) is 47.1 Å². The molecule has 11 heteroatoms. The van der Waals surface area contributed by atoms with Gasteiger partial charge in [0.25, 0.3) is 5.91 Å². The van der Waals surface area contributed by atoms with Gasteiger partial charge < -0.3 is 24.1 Å². The molecule has 3 heterocycles. The zero-order chi connectivity index (χ0) is 26.9. The highest BCUT2D eigenvalue weighted by molar-refractivity contribution is 6.10. The third-order valence-corrected chi connectivity index (χ3v) is 6.65. The summed E-state index contributed by atoms with van der Waals surface area (Å²) < 4.78 is 15.9. The molecule has 2 amide bonds. The first-order chi connectivity index (χ1) is 18.4. The molecule has 11 nitrogen and oxygen atoms in total. The molecule has 38 heavy (non-hydrogen) atoms. The van der Waals surface area contributed by atoms with Gasteiger partial charge in [-0.2, -0.15) is 0 Å². The van der Waals surface area contributed by atoms with Crippen molar-refractivity contribution in [3.05, 3.63) is 54.0 Å². The number of piperazine rings is 1. The first-order valence-electron chi connectivity index (χ1n) is 13.0. The minimum atomic E-state index is -0.499. The summed E-state index contributed by atoms with van der Waals surface area (Å²) in [6, 6.07) is 9.96. The van der Waals surface area contributed by atoms with Crippen LogP contribution in [0, 0.1) is 5.41 Å². The number of unbranched alkanes of at least 4 members (excludes halogenated alkanes) is 1. The number of cyclic esters (lactones) is 1. The van der Waals surface area contributed by atoms with Gasteiger partial charge in [0, 0.05) is 50.5 Å². The van der Waals surface area contributed by atoms with E-state index in [1.165, 1.54) is 12.3 Å². The van der Waals surface area contributed by atoms with E-state index in [4.69, 9.17) is 19.3 Å². The van der Waals surface area contributed by atoms with E-state index in [-0.39, 0.29) is 23.7 Å². The maximum Gasteiger partial charge on any atom is 0.414 e. The number of anilines is 1. The van der Waals surface area contributed by atoms with Crippen LogP contribution in [0.1, 0.15) is 42.3 Å². The monoisotopic (exact) mass is 525 g/mol. The number of hydrogen-bond donors (Lipinski definition) is 2. The lowest BCUT2D eigenvalue weighted by molar-refractivity contribution is -0.144. The van der Waals surface area contributed by atoms with Crippen LogP contribution in [0.5, 0.6) is 0 Å². The highest BCUT2D eigenvalue weighted by Crippen LogP contribution is 2.23. The summed E-state index contributed by atoms with van der Waals surface area (Å²) in [7, 11) is 0. The fraction of sp³-hybridized carbons (Fsp3) is 0.481. The Bertz CT molecular complexity index is 1100. The van der Waals surface area contributed by atoms with Crippen molar-refractivity contribution in [3.8, 4) is 0 Å². The Kier molecular flexibility index (Phi) is 9.50. The van der Waals surface area contributed by atoms with Crippen molar-refractivity contribution in [2.24, 2.45) is 0 Å². The molecule has 2 N–H and O–H groups in total. The summed E-state index contributed by atoms with van der Waals surface area (Å²) in [6.45, 7) is 7.76. The molecule has 2 aliphatic heterocycles. The van der Waals surface area contributed by atoms with Crippen molar-refractivity contribution in [1.82, 2.24) is 15.1 Å². The van der Waals surface area contributed by atoms with Gasteiger partial charge in [0.1, 0.15) is 11.9 Å². The summed E-state index contributed by atoms with van der Waals surface area (Å²) in [5.74, 6) is -0.573. The lowest BCUT2D eigenvalue weighted by Gasteiger charge is -2.35. The first kappa shape index (κ1) is 27.3. The van der Waals surface area contributed by atoms with E-state index in [2.05, 4.69) is 22.0 Å². The average molecular weight is 526 g/mol. The van der Waals surface area contributed by atoms with Gasteiger partial charge >= 0.3 is 12.1 Å². The average Bonchev–Trinajstić information content (AvgIpc) is 3.59. The molecule has 204 valence electrons. The quantitative estimate of drug-likeness (QED) is 0.198. The lowest BCUT2D eigenvalue weighted by atomic mass is 10.1. The second kappa shape index (κ2) is 13.2. The number of nitrogens with one attached hydrogen (secondary N) is 2. The van der Waals surface area contributed by atoms with E-state index in [0.717, 1.165) is 39.0 Å². The highest BCUT2D eigenvalue weighted by Gasteiger charge is 2.34. The van der Waals surface area contributed by atoms with E-state index in [1.807, 2.05) is 0 Å². The molecular formula is C27H35N5O6. The van der Waals surface area contributed by atoms with Crippen LogP contribution in [-0.4, -0.2) is 92.1 Å². The maximum absolute atomic E-state index is 12.5. The second-order valence-electron chi connectivity index (χ2n) is 9.44. The number of esters is 1. The number of ether oxygens (including phenoxy) is 2. The number of amides is 2. The largest absolute Gasteiger partial charge is 0.466 e. The Morgan fingerprint density at radius 1 is 1.11 bits per heavy atom.